The van der Waals surface area contributed by atoms with E-state index in [2.05, 4.69) is 54.2 Å². The van der Waals surface area contributed by atoms with Gasteiger partial charge >= 0.3 is 0 Å². The molecule has 0 aromatic heterocycles. The SMILES string of the molecule is CN1[C]N(CCC2=C3C=CC=CC3C=C2)C=C1. The van der Waals surface area contributed by atoms with E-state index >= 15 is 0 Å². The van der Waals surface area contributed by atoms with Crippen LogP contribution in [0, 0.1) is 12.6 Å². The van der Waals surface area contributed by atoms with Gasteiger partial charge in [-0.2, -0.15) is 0 Å². The van der Waals surface area contributed by atoms with Gasteiger partial charge in [0.2, 0.25) is 6.67 Å². The summed E-state index contributed by atoms with van der Waals surface area (Å²) in [5, 5.41) is 0. The van der Waals surface area contributed by atoms with Crippen LogP contribution in [0.5, 0.6) is 0 Å². The fourth-order valence-corrected chi connectivity index (χ4v) is 2.41. The average Bonchev–Trinajstić information content (AvgIpc) is 2.93. The summed E-state index contributed by atoms with van der Waals surface area (Å²) in [4.78, 5) is 4.06. The molecule has 17 heavy (non-hydrogen) atoms. The highest BCUT2D eigenvalue weighted by Crippen LogP contribution is 2.31. The van der Waals surface area contributed by atoms with E-state index in [-0.39, 0.29) is 0 Å². The molecule has 2 heteroatoms. The minimum absolute atomic E-state index is 0.514. The third-order valence-electron chi connectivity index (χ3n) is 3.32. The van der Waals surface area contributed by atoms with Crippen LogP contribution >= 0.6 is 0 Å². The van der Waals surface area contributed by atoms with Gasteiger partial charge in [-0.15, -0.1) is 0 Å². The summed E-state index contributed by atoms with van der Waals surface area (Å²) >= 11 is 0. The zero-order chi connectivity index (χ0) is 11.7. The molecule has 0 saturated carbocycles. The van der Waals surface area contributed by atoms with Crippen molar-refractivity contribution < 1.29 is 0 Å². The van der Waals surface area contributed by atoms with E-state index in [1.54, 1.807) is 0 Å². The fraction of sp³-hybridized carbons (Fsp3) is 0.267. The van der Waals surface area contributed by atoms with Gasteiger partial charge in [0.1, 0.15) is 0 Å². The van der Waals surface area contributed by atoms with Gasteiger partial charge in [0.15, 0.2) is 0 Å². The summed E-state index contributed by atoms with van der Waals surface area (Å²) in [6, 6.07) is 0. The van der Waals surface area contributed by atoms with E-state index < -0.39 is 0 Å². The van der Waals surface area contributed by atoms with Crippen molar-refractivity contribution >= 4 is 0 Å². The van der Waals surface area contributed by atoms with Gasteiger partial charge in [0.05, 0.1) is 0 Å². The second-order valence-electron chi connectivity index (χ2n) is 4.56. The monoisotopic (exact) mass is 224 g/mol. The van der Waals surface area contributed by atoms with E-state index in [4.69, 9.17) is 0 Å². The highest BCUT2D eigenvalue weighted by Gasteiger charge is 2.18. The Hall–Kier alpha value is -1.70. The van der Waals surface area contributed by atoms with E-state index in [1.165, 1.54) is 11.1 Å². The number of allylic oxidation sites excluding steroid dienone is 7. The van der Waals surface area contributed by atoms with Crippen molar-refractivity contribution in [1.82, 2.24) is 9.80 Å². The van der Waals surface area contributed by atoms with Gasteiger partial charge in [-0.1, -0.05) is 36.5 Å². The molecule has 1 atom stereocenters. The van der Waals surface area contributed by atoms with Gasteiger partial charge < -0.3 is 9.80 Å². The summed E-state index contributed by atoms with van der Waals surface area (Å²) in [6.07, 6.45) is 18.5. The maximum absolute atomic E-state index is 3.23. The first-order chi connectivity index (χ1) is 8.33. The topological polar surface area (TPSA) is 6.48 Å². The number of rotatable bonds is 3. The predicted octanol–water partition coefficient (Wildman–Crippen LogP) is 2.70. The largest absolute Gasteiger partial charge is 0.349 e. The molecule has 3 rings (SSSR count). The van der Waals surface area contributed by atoms with Crippen LogP contribution in [0.25, 0.3) is 0 Å². The lowest BCUT2D eigenvalue weighted by Crippen LogP contribution is -2.17. The van der Waals surface area contributed by atoms with E-state index in [9.17, 15) is 0 Å². The number of nitrogens with zero attached hydrogens (tertiary/aromatic N) is 2. The van der Waals surface area contributed by atoms with Crippen LogP contribution < -0.4 is 0 Å². The molecule has 2 aliphatic carbocycles. The van der Waals surface area contributed by atoms with Crippen molar-refractivity contribution in [2.75, 3.05) is 13.6 Å². The lowest BCUT2D eigenvalue weighted by molar-refractivity contribution is 0.383. The summed E-state index contributed by atoms with van der Waals surface area (Å²) < 4.78 is 0. The van der Waals surface area contributed by atoms with Crippen molar-refractivity contribution in [3.63, 3.8) is 0 Å². The molecule has 2 radical (unpaired) electrons. The number of hydrogen-bond donors (Lipinski definition) is 0. The Kier molecular flexibility index (Phi) is 2.63. The van der Waals surface area contributed by atoms with Crippen LogP contribution in [0.1, 0.15) is 6.42 Å². The Bertz CT molecular complexity index is 452. The van der Waals surface area contributed by atoms with Crippen LogP contribution in [0.2, 0.25) is 0 Å². The molecule has 86 valence electrons. The molecule has 2 nitrogen and oxygen atoms in total. The number of hydrogen-bond acceptors (Lipinski definition) is 2. The normalized spacial score (nSPS) is 25.4. The lowest BCUT2D eigenvalue weighted by Gasteiger charge is -2.17. The Balaban J connectivity index is 1.63. The van der Waals surface area contributed by atoms with Crippen molar-refractivity contribution in [2.45, 2.75) is 6.42 Å². The molecule has 1 unspecified atom stereocenters. The smallest absolute Gasteiger partial charge is 0.207 e. The molecule has 0 saturated heterocycles. The third-order valence-corrected chi connectivity index (χ3v) is 3.32. The fourth-order valence-electron chi connectivity index (χ4n) is 2.41. The van der Waals surface area contributed by atoms with Gasteiger partial charge in [0, 0.05) is 31.9 Å². The standard InChI is InChI=1S/C15H16N2/c1-16-10-11-17(12-16)9-8-14-7-6-13-4-2-3-5-15(13)14/h2-7,10-11,13H,8-9H2,1H3. The summed E-state index contributed by atoms with van der Waals surface area (Å²) in [5.41, 5.74) is 2.92. The maximum Gasteiger partial charge on any atom is 0.207 e. The van der Waals surface area contributed by atoms with Crippen LogP contribution in [0.3, 0.4) is 0 Å². The second kappa shape index (κ2) is 4.28. The average molecular weight is 224 g/mol. The molecule has 3 aliphatic rings. The molecule has 0 amide bonds. The highest BCUT2D eigenvalue weighted by molar-refractivity contribution is 5.48. The summed E-state index contributed by atoms with van der Waals surface area (Å²) in [7, 11) is 2.00. The van der Waals surface area contributed by atoms with Crippen molar-refractivity contribution in [1.29, 1.82) is 0 Å². The molecule has 1 aliphatic heterocycles. The predicted molar refractivity (Wildman–Crippen MR) is 69.4 cm³/mol. The van der Waals surface area contributed by atoms with Crippen molar-refractivity contribution in [3.8, 4) is 0 Å². The maximum atomic E-state index is 3.23. The van der Waals surface area contributed by atoms with E-state index in [1.807, 2.05) is 18.1 Å². The van der Waals surface area contributed by atoms with Gasteiger partial charge in [-0.25, -0.2) is 0 Å². The van der Waals surface area contributed by atoms with E-state index in [0.29, 0.717) is 5.92 Å². The zero-order valence-corrected chi connectivity index (χ0v) is 10.0. The molecule has 0 aromatic rings. The Morgan fingerprint density at radius 3 is 2.94 bits per heavy atom. The first kappa shape index (κ1) is 10.5. The molecule has 0 fully saturated rings. The highest BCUT2D eigenvalue weighted by atomic mass is 15.3. The molecule has 0 aromatic carbocycles. The van der Waals surface area contributed by atoms with E-state index in [0.717, 1.165) is 13.0 Å². The van der Waals surface area contributed by atoms with Crippen LogP contribution in [-0.4, -0.2) is 23.4 Å². The van der Waals surface area contributed by atoms with Crippen LogP contribution in [-0.2, 0) is 0 Å². The molecule has 0 bridgehead atoms. The number of fused-ring (bicyclic) bond motifs is 1. The summed E-state index contributed by atoms with van der Waals surface area (Å²) in [5.74, 6) is 0.514. The minimum atomic E-state index is 0.514. The Labute approximate surface area is 103 Å². The van der Waals surface area contributed by atoms with Gasteiger partial charge in [0.25, 0.3) is 0 Å². The van der Waals surface area contributed by atoms with Gasteiger partial charge in [-0.05, 0) is 17.6 Å². The Morgan fingerprint density at radius 2 is 2.12 bits per heavy atom. The quantitative estimate of drug-likeness (QED) is 0.727. The van der Waals surface area contributed by atoms with Crippen molar-refractivity contribution in [3.05, 3.63) is 66.7 Å². The van der Waals surface area contributed by atoms with Crippen LogP contribution in [0.4, 0.5) is 0 Å². The molecule has 0 N–H and O–H groups in total. The zero-order valence-electron chi connectivity index (χ0n) is 10.0. The molecular formula is C15H16N2. The Morgan fingerprint density at radius 1 is 1.18 bits per heavy atom. The first-order valence-electron chi connectivity index (χ1n) is 6.03. The van der Waals surface area contributed by atoms with Crippen molar-refractivity contribution in [2.24, 2.45) is 5.92 Å². The van der Waals surface area contributed by atoms with Crippen LogP contribution in [0.15, 0.2) is 60.0 Å². The minimum Gasteiger partial charge on any atom is -0.349 e. The first-order valence-corrected chi connectivity index (χ1v) is 6.03. The van der Waals surface area contributed by atoms with Gasteiger partial charge in [-0.3, -0.25) is 0 Å². The third kappa shape index (κ3) is 2.07. The molecule has 0 spiro atoms. The lowest BCUT2D eigenvalue weighted by atomic mass is 9.95. The summed E-state index contributed by atoms with van der Waals surface area (Å²) in [6.45, 7) is 4.22. The molecular weight excluding hydrogens is 208 g/mol. The second-order valence-corrected chi connectivity index (χ2v) is 4.56. The molecule has 1 heterocycles.